The van der Waals surface area contributed by atoms with Crippen LogP contribution < -0.4 is 5.32 Å². The van der Waals surface area contributed by atoms with Gasteiger partial charge in [0, 0.05) is 6.07 Å². The van der Waals surface area contributed by atoms with Gasteiger partial charge in [-0.15, -0.1) is 0 Å². The summed E-state index contributed by atoms with van der Waals surface area (Å²) in [6.45, 7) is 0. The molecule has 0 aliphatic carbocycles. The number of nitrogens with zero attached hydrogens (tertiary/aromatic N) is 3. The van der Waals surface area contributed by atoms with E-state index in [1.807, 2.05) is 0 Å². The zero-order chi connectivity index (χ0) is 11.8. The quantitative estimate of drug-likeness (QED) is 0.760. The van der Waals surface area contributed by atoms with Crippen molar-refractivity contribution in [3.63, 3.8) is 0 Å². The molecular formula is C7H4F3N5O. The smallest absolute Gasteiger partial charge is 0.301 e. The molecule has 2 aliphatic rings. The van der Waals surface area contributed by atoms with E-state index < -0.39 is 12.1 Å². The lowest BCUT2D eigenvalue weighted by atomic mass is 10.4. The number of rotatable bonds is 1. The molecule has 0 atom stereocenters. The molecule has 2 heterocycles. The summed E-state index contributed by atoms with van der Waals surface area (Å²) in [6.07, 6.45) is -3.73. The SMILES string of the molecule is O=C(Nc1cc2ncnc-2[nH]n1)C(F)(F)F. The van der Waals surface area contributed by atoms with E-state index >= 15 is 0 Å². The average Bonchev–Trinajstić information content (AvgIpc) is 2.63. The van der Waals surface area contributed by atoms with E-state index in [1.54, 1.807) is 5.32 Å². The molecule has 0 unspecified atom stereocenters. The highest BCUT2D eigenvalue weighted by molar-refractivity contribution is 5.94. The van der Waals surface area contributed by atoms with Crippen molar-refractivity contribution >= 4 is 11.7 Å². The maximum atomic E-state index is 11.9. The first-order chi connectivity index (χ1) is 7.47. The number of aromatic amines is 1. The third-order valence-electron chi connectivity index (χ3n) is 1.68. The minimum absolute atomic E-state index is 0.268. The molecule has 16 heavy (non-hydrogen) atoms. The second-order valence-corrected chi connectivity index (χ2v) is 2.81. The van der Waals surface area contributed by atoms with Crippen molar-refractivity contribution in [3.05, 3.63) is 12.4 Å². The van der Waals surface area contributed by atoms with Gasteiger partial charge in [0.05, 0.1) is 0 Å². The summed E-state index contributed by atoms with van der Waals surface area (Å²) in [7, 11) is 0. The Hall–Kier alpha value is -2.19. The van der Waals surface area contributed by atoms with Crippen molar-refractivity contribution in [2.75, 3.05) is 5.32 Å². The van der Waals surface area contributed by atoms with Gasteiger partial charge in [0.25, 0.3) is 0 Å². The molecule has 2 aliphatic heterocycles. The zero-order valence-electron chi connectivity index (χ0n) is 7.54. The number of alkyl halides is 3. The minimum atomic E-state index is -4.95. The average molecular weight is 231 g/mol. The molecule has 1 amide bonds. The summed E-state index contributed by atoms with van der Waals surface area (Å²) in [5.74, 6) is -2.03. The first kappa shape index (κ1) is 10.3. The lowest BCUT2D eigenvalue weighted by Gasteiger charge is -2.07. The zero-order valence-corrected chi connectivity index (χ0v) is 7.54. The van der Waals surface area contributed by atoms with Gasteiger partial charge in [-0.1, -0.05) is 0 Å². The Labute approximate surface area is 86.2 Å². The number of hydrogen-bond acceptors (Lipinski definition) is 4. The fourth-order valence-electron chi connectivity index (χ4n) is 0.994. The van der Waals surface area contributed by atoms with Crippen LogP contribution in [0.25, 0.3) is 11.5 Å². The molecule has 0 aromatic rings. The Balaban J connectivity index is 2.23. The van der Waals surface area contributed by atoms with Crippen molar-refractivity contribution in [2.45, 2.75) is 6.18 Å². The van der Waals surface area contributed by atoms with E-state index in [4.69, 9.17) is 0 Å². The van der Waals surface area contributed by atoms with Crippen molar-refractivity contribution in [1.29, 1.82) is 0 Å². The van der Waals surface area contributed by atoms with Crippen LogP contribution in [0.4, 0.5) is 19.0 Å². The fourth-order valence-corrected chi connectivity index (χ4v) is 0.994. The number of nitrogens with one attached hydrogen (secondary N) is 2. The standard InChI is InChI=1S/C7H4F3N5O/c8-7(9,10)6(16)13-4-1-3-5(15-14-4)12-2-11-3/h1-2H,(H,11,12,15)(H,13,14,16). The number of imidazole rings is 1. The second kappa shape index (κ2) is 3.43. The van der Waals surface area contributed by atoms with E-state index in [0.29, 0.717) is 11.5 Å². The van der Waals surface area contributed by atoms with E-state index in [0.717, 1.165) is 0 Å². The predicted octanol–water partition coefficient (Wildman–Crippen LogP) is 0.805. The molecule has 2 rings (SSSR count). The normalized spacial score (nSPS) is 11.7. The summed E-state index contributed by atoms with van der Waals surface area (Å²) >= 11 is 0. The predicted molar refractivity (Wildman–Crippen MR) is 45.5 cm³/mol. The van der Waals surface area contributed by atoms with E-state index in [-0.39, 0.29) is 5.82 Å². The van der Waals surface area contributed by atoms with Gasteiger partial charge >= 0.3 is 12.1 Å². The van der Waals surface area contributed by atoms with Crippen LogP contribution in [0, 0.1) is 0 Å². The molecule has 0 saturated heterocycles. The highest BCUT2D eigenvalue weighted by Gasteiger charge is 2.39. The molecule has 0 fully saturated rings. The van der Waals surface area contributed by atoms with Gasteiger partial charge in [-0.3, -0.25) is 9.89 Å². The first-order valence-corrected chi connectivity index (χ1v) is 4.01. The molecule has 0 aromatic heterocycles. The van der Waals surface area contributed by atoms with Crippen LogP contribution in [-0.4, -0.2) is 32.2 Å². The molecule has 0 aromatic carbocycles. The van der Waals surface area contributed by atoms with Crippen LogP contribution in [0.2, 0.25) is 0 Å². The number of halogens is 3. The Bertz CT molecular complexity index is 493. The number of hydrogen-bond donors (Lipinski definition) is 2. The van der Waals surface area contributed by atoms with Crippen molar-refractivity contribution in [3.8, 4) is 11.5 Å². The fraction of sp³-hybridized carbons (Fsp3) is 0.143. The van der Waals surface area contributed by atoms with Crippen LogP contribution >= 0.6 is 0 Å². The Morgan fingerprint density at radius 3 is 2.81 bits per heavy atom. The number of carbonyl (C=O) groups is 1. The monoisotopic (exact) mass is 231 g/mol. The Morgan fingerprint density at radius 1 is 1.38 bits per heavy atom. The molecule has 9 heteroatoms. The van der Waals surface area contributed by atoms with Gasteiger partial charge in [-0.25, -0.2) is 9.97 Å². The molecule has 0 radical (unpaired) electrons. The molecule has 2 N–H and O–H groups in total. The van der Waals surface area contributed by atoms with Crippen LogP contribution in [0.3, 0.4) is 0 Å². The third kappa shape index (κ3) is 1.92. The van der Waals surface area contributed by atoms with Crippen LogP contribution in [0.15, 0.2) is 12.4 Å². The first-order valence-electron chi connectivity index (χ1n) is 4.01. The van der Waals surface area contributed by atoms with E-state index in [9.17, 15) is 18.0 Å². The molecule has 0 bridgehead atoms. The molecular weight excluding hydrogens is 227 g/mol. The van der Waals surface area contributed by atoms with E-state index in [1.165, 1.54) is 12.4 Å². The molecule has 0 saturated carbocycles. The van der Waals surface area contributed by atoms with Crippen LogP contribution in [0.5, 0.6) is 0 Å². The van der Waals surface area contributed by atoms with Crippen LogP contribution in [0.1, 0.15) is 0 Å². The molecule has 6 nitrogen and oxygen atoms in total. The summed E-state index contributed by atoms with van der Waals surface area (Å²) in [5, 5.41) is 7.41. The van der Waals surface area contributed by atoms with E-state index in [2.05, 4.69) is 20.2 Å². The Morgan fingerprint density at radius 2 is 2.12 bits per heavy atom. The van der Waals surface area contributed by atoms with Crippen molar-refractivity contribution in [1.82, 2.24) is 20.2 Å². The van der Waals surface area contributed by atoms with Gasteiger partial charge in [0.15, 0.2) is 11.6 Å². The lowest BCUT2D eigenvalue weighted by molar-refractivity contribution is -0.167. The third-order valence-corrected chi connectivity index (χ3v) is 1.68. The second-order valence-electron chi connectivity index (χ2n) is 2.81. The Kier molecular flexibility index (Phi) is 2.22. The number of H-pyrrole nitrogens is 1. The largest absolute Gasteiger partial charge is 0.471 e. The summed E-state index contributed by atoms with van der Waals surface area (Å²) in [4.78, 5) is 18.0. The summed E-state index contributed by atoms with van der Waals surface area (Å²) < 4.78 is 35.7. The van der Waals surface area contributed by atoms with Gasteiger partial charge < -0.3 is 5.32 Å². The molecule has 84 valence electrons. The number of amides is 1. The number of aromatic nitrogens is 4. The van der Waals surface area contributed by atoms with Crippen LogP contribution in [-0.2, 0) is 4.79 Å². The van der Waals surface area contributed by atoms with Crippen molar-refractivity contribution in [2.24, 2.45) is 0 Å². The number of fused-ring (bicyclic) bond motifs is 1. The van der Waals surface area contributed by atoms with Crippen molar-refractivity contribution < 1.29 is 18.0 Å². The highest BCUT2D eigenvalue weighted by Crippen LogP contribution is 2.19. The number of carbonyl (C=O) groups excluding carboxylic acids is 1. The molecule has 0 spiro atoms. The minimum Gasteiger partial charge on any atom is -0.301 e. The van der Waals surface area contributed by atoms with Gasteiger partial charge in [-0.05, 0) is 0 Å². The summed E-state index contributed by atoms with van der Waals surface area (Å²) in [5.41, 5.74) is 0.312. The lowest BCUT2D eigenvalue weighted by Crippen LogP contribution is -2.30. The van der Waals surface area contributed by atoms with Gasteiger partial charge in [-0.2, -0.15) is 18.3 Å². The topological polar surface area (TPSA) is 83.6 Å². The maximum absolute atomic E-state index is 11.9. The highest BCUT2D eigenvalue weighted by atomic mass is 19.4. The van der Waals surface area contributed by atoms with Gasteiger partial charge in [0.2, 0.25) is 0 Å². The van der Waals surface area contributed by atoms with Gasteiger partial charge in [0.1, 0.15) is 12.0 Å². The maximum Gasteiger partial charge on any atom is 0.471 e. The number of anilines is 1. The summed E-state index contributed by atoms with van der Waals surface area (Å²) in [6, 6.07) is 1.18.